The Morgan fingerprint density at radius 1 is 1.09 bits per heavy atom. The summed E-state index contributed by atoms with van der Waals surface area (Å²) in [7, 11) is -1.99. The molecule has 0 radical (unpaired) electrons. The standard InChI is InChI=1S/C35H45FN2O6S2/c1-7-9-10-28-24-37(27-15-13-26(36)14-16-27)30-21-32(45-8-2)31(43-20-19-34(39)44-35(3,4)5)22-33(30)46(40,41)38(28)23-25-11-17-29(42-6)18-12-25/h11-22,28,40-41H,7-10,23-24H2,1-6H3/b20-19+. The van der Waals surface area contributed by atoms with E-state index in [0.717, 1.165) is 34.7 Å². The highest BCUT2D eigenvalue weighted by molar-refractivity contribution is 8.22. The minimum Gasteiger partial charge on any atom is -0.497 e. The highest BCUT2D eigenvalue weighted by Gasteiger charge is 2.40. The number of fused-ring (bicyclic) bond motifs is 1. The van der Waals surface area contributed by atoms with Gasteiger partial charge in [0, 0.05) is 30.9 Å². The average molecular weight is 673 g/mol. The first-order chi connectivity index (χ1) is 21.9. The number of anilines is 2. The van der Waals surface area contributed by atoms with Crippen LogP contribution in [0.5, 0.6) is 11.5 Å². The van der Waals surface area contributed by atoms with Crippen molar-refractivity contribution in [1.82, 2.24) is 4.31 Å². The number of rotatable bonds is 12. The summed E-state index contributed by atoms with van der Waals surface area (Å²) >= 11 is 1.53. The van der Waals surface area contributed by atoms with Gasteiger partial charge in [-0.2, -0.15) is 4.31 Å². The highest BCUT2D eigenvalue weighted by atomic mass is 32.3. The lowest BCUT2D eigenvalue weighted by Gasteiger charge is -2.45. The van der Waals surface area contributed by atoms with Gasteiger partial charge < -0.3 is 19.1 Å². The fourth-order valence-electron chi connectivity index (χ4n) is 5.22. The van der Waals surface area contributed by atoms with Crippen molar-refractivity contribution in [1.29, 1.82) is 0 Å². The predicted molar refractivity (Wildman–Crippen MR) is 185 cm³/mol. The van der Waals surface area contributed by atoms with Crippen molar-refractivity contribution in [3.05, 3.63) is 84.4 Å². The molecule has 8 nitrogen and oxygen atoms in total. The Balaban J connectivity index is 1.86. The van der Waals surface area contributed by atoms with Crippen LogP contribution in [0.15, 0.2) is 82.8 Å². The van der Waals surface area contributed by atoms with Gasteiger partial charge in [0.1, 0.15) is 27.8 Å². The lowest BCUT2D eigenvalue weighted by Crippen LogP contribution is -2.41. The van der Waals surface area contributed by atoms with E-state index in [-0.39, 0.29) is 23.3 Å². The number of nitrogens with zero attached hydrogens (tertiary/aromatic N) is 2. The molecule has 3 aromatic rings. The number of thioether (sulfide) groups is 1. The zero-order chi connectivity index (χ0) is 33.5. The second-order valence-electron chi connectivity index (χ2n) is 12.0. The largest absolute Gasteiger partial charge is 0.497 e. The van der Waals surface area contributed by atoms with Crippen molar-refractivity contribution in [2.75, 3.05) is 24.3 Å². The first-order valence-corrected chi connectivity index (χ1v) is 17.9. The van der Waals surface area contributed by atoms with Crippen LogP contribution in [0.1, 0.15) is 59.4 Å². The van der Waals surface area contributed by atoms with E-state index in [9.17, 15) is 18.3 Å². The maximum Gasteiger partial charge on any atom is 0.334 e. The van der Waals surface area contributed by atoms with E-state index in [1.165, 1.54) is 36.2 Å². The number of methoxy groups -OCH3 is 1. The molecular weight excluding hydrogens is 628 g/mol. The van der Waals surface area contributed by atoms with Crippen LogP contribution in [-0.4, -0.2) is 50.4 Å². The SMILES string of the molecule is CCCCC1CN(c2ccc(F)cc2)c2cc(SCC)c(O/C=C/C(=O)OC(C)(C)C)cc2S(O)(O)N1Cc1ccc(OC)cc1. The summed E-state index contributed by atoms with van der Waals surface area (Å²) in [4.78, 5) is 15.4. The van der Waals surface area contributed by atoms with Gasteiger partial charge in [0.15, 0.2) is 0 Å². The molecule has 0 spiro atoms. The van der Waals surface area contributed by atoms with Gasteiger partial charge >= 0.3 is 5.97 Å². The molecule has 250 valence electrons. The monoisotopic (exact) mass is 672 g/mol. The number of ether oxygens (including phenoxy) is 3. The van der Waals surface area contributed by atoms with E-state index in [1.807, 2.05) is 42.2 Å². The van der Waals surface area contributed by atoms with Crippen LogP contribution >= 0.6 is 22.5 Å². The molecular formula is C35H45FN2O6S2. The molecule has 0 amide bonds. The van der Waals surface area contributed by atoms with Gasteiger partial charge in [-0.25, -0.2) is 9.18 Å². The van der Waals surface area contributed by atoms with Crippen LogP contribution in [-0.2, 0) is 16.1 Å². The summed E-state index contributed by atoms with van der Waals surface area (Å²) in [6.45, 7) is 10.2. The quantitative estimate of drug-likeness (QED) is 0.0845. The minimum atomic E-state index is -3.60. The van der Waals surface area contributed by atoms with E-state index in [0.29, 0.717) is 30.2 Å². The van der Waals surface area contributed by atoms with Crippen molar-refractivity contribution < 1.29 is 32.5 Å². The molecule has 1 heterocycles. The summed E-state index contributed by atoms with van der Waals surface area (Å²) in [6, 6.07) is 17.1. The van der Waals surface area contributed by atoms with Gasteiger partial charge in [-0.1, -0.05) is 38.8 Å². The summed E-state index contributed by atoms with van der Waals surface area (Å²) in [5.41, 5.74) is 1.58. The maximum atomic E-state index is 14.1. The van der Waals surface area contributed by atoms with Crippen molar-refractivity contribution >= 4 is 39.9 Å². The van der Waals surface area contributed by atoms with E-state index in [4.69, 9.17) is 14.2 Å². The molecule has 46 heavy (non-hydrogen) atoms. The molecule has 0 fully saturated rings. The van der Waals surface area contributed by atoms with Crippen molar-refractivity contribution in [2.45, 2.75) is 81.9 Å². The summed E-state index contributed by atoms with van der Waals surface area (Å²) in [6.07, 6.45) is 5.00. The summed E-state index contributed by atoms with van der Waals surface area (Å²) < 4.78 is 57.1. The first kappa shape index (κ1) is 35.6. The third-order valence-corrected chi connectivity index (χ3v) is 10.3. The normalized spacial score (nSPS) is 17.3. The Kier molecular flexibility index (Phi) is 12.1. The van der Waals surface area contributed by atoms with Crippen molar-refractivity contribution in [3.8, 4) is 11.5 Å². The molecule has 0 bridgehead atoms. The van der Waals surface area contributed by atoms with Crippen LogP contribution in [0, 0.1) is 5.82 Å². The van der Waals surface area contributed by atoms with Crippen molar-refractivity contribution in [2.24, 2.45) is 0 Å². The zero-order valence-electron chi connectivity index (χ0n) is 27.4. The third-order valence-electron chi connectivity index (χ3n) is 7.37. The molecule has 0 saturated carbocycles. The van der Waals surface area contributed by atoms with Crippen LogP contribution in [0.2, 0.25) is 0 Å². The van der Waals surface area contributed by atoms with Gasteiger partial charge in [-0.05, 0) is 81.0 Å². The Hall–Kier alpha value is -3.22. The number of carbonyl (C=O) groups excluding carboxylic acids is 1. The number of esters is 1. The molecule has 1 aliphatic rings. The Morgan fingerprint density at radius 2 is 1.78 bits per heavy atom. The van der Waals surface area contributed by atoms with Gasteiger partial charge in [0.05, 0.1) is 30.0 Å². The third kappa shape index (κ3) is 8.98. The van der Waals surface area contributed by atoms with Crippen LogP contribution in [0.25, 0.3) is 0 Å². The van der Waals surface area contributed by atoms with Crippen LogP contribution in [0.4, 0.5) is 15.8 Å². The van der Waals surface area contributed by atoms with Crippen LogP contribution < -0.4 is 14.4 Å². The second-order valence-corrected chi connectivity index (χ2v) is 15.2. The number of unbranched alkanes of at least 4 members (excludes halogenated alkanes) is 1. The molecule has 2 N–H and O–H groups in total. The number of carbonyl (C=O) groups is 1. The number of benzene rings is 3. The number of halogens is 1. The topological polar surface area (TPSA) is 91.7 Å². The maximum absolute atomic E-state index is 14.1. The Labute approximate surface area is 278 Å². The second kappa shape index (κ2) is 15.6. The number of hydrogen-bond donors (Lipinski definition) is 2. The van der Waals surface area contributed by atoms with Gasteiger partial charge in [0.25, 0.3) is 0 Å². The summed E-state index contributed by atoms with van der Waals surface area (Å²) in [5.74, 6) is 0.905. The Morgan fingerprint density at radius 3 is 2.39 bits per heavy atom. The minimum absolute atomic E-state index is 0.261. The first-order valence-electron chi connectivity index (χ1n) is 15.4. The molecule has 11 heteroatoms. The van der Waals surface area contributed by atoms with Gasteiger partial charge in [-0.15, -0.1) is 22.5 Å². The average Bonchev–Trinajstić information content (AvgIpc) is 3.08. The lowest BCUT2D eigenvalue weighted by molar-refractivity contribution is -0.148. The molecule has 0 aliphatic carbocycles. The Bertz CT molecular complexity index is 1490. The lowest BCUT2D eigenvalue weighted by atomic mass is 10.1. The molecule has 0 aromatic heterocycles. The fraction of sp³-hybridized carbons (Fsp3) is 0.400. The smallest absolute Gasteiger partial charge is 0.334 e. The zero-order valence-corrected chi connectivity index (χ0v) is 29.0. The molecule has 4 rings (SSSR count). The summed E-state index contributed by atoms with van der Waals surface area (Å²) in [5, 5.41) is 0. The van der Waals surface area contributed by atoms with E-state index in [2.05, 4.69) is 6.92 Å². The number of hydrogen-bond acceptors (Lipinski definition) is 9. The molecule has 1 atom stereocenters. The molecule has 1 aliphatic heterocycles. The van der Waals surface area contributed by atoms with Crippen LogP contribution in [0.3, 0.4) is 0 Å². The molecule has 1 unspecified atom stereocenters. The van der Waals surface area contributed by atoms with Crippen molar-refractivity contribution in [3.63, 3.8) is 0 Å². The van der Waals surface area contributed by atoms with E-state index in [1.54, 1.807) is 50.4 Å². The highest BCUT2D eigenvalue weighted by Crippen LogP contribution is 2.61. The van der Waals surface area contributed by atoms with E-state index >= 15 is 0 Å². The molecule has 0 saturated heterocycles. The fourth-order valence-corrected chi connectivity index (χ4v) is 7.86. The molecule has 3 aromatic carbocycles. The van der Waals surface area contributed by atoms with Gasteiger partial charge in [-0.3, -0.25) is 9.11 Å². The van der Waals surface area contributed by atoms with E-state index < -0.39 is 22.3 Å². The predicted octanol–water partition coefficient (Wildman–Crippen LogP) is 9.42. The van der Waals surface area contributed by atoms with Gasteiger partial charge in [0.2, 0.25) is 0 Å².